The smallest absolute Gasteiger partial charge is 0.405 e. The van der Waals surface area contributed by atoms with Crippen LogP contribution in [-0.4, -0.2) is 19.3 Å². The second kappa shape index (κ2) is 6.22. The van der Waals surface area contributed by atoms with Gasteiger partial charge in [0.05, 0.1) is 0 Å². The maximum atomic E-state index is 6.02. The van der Waals surface area contributed by atoms with E-state index in [1.165, 1.54) is 12.8 Å². The minimum atomic E-state index is -0.179. The molecule has 92 valence electrons. The number of benzene rings is 1. The van der Waals surface area contributed by atoms with Gasteiger partial charge < -0.3 is 9.31 Å². The van der Waals surface area contributed by atoms with Gasteiger partial charge in [0.1, 0.15) is 0 Å². The molecule has 0 radical (unpaired) electrons. The first kappa shape index (κ1) is 12.7. The lowest BCUT2D eigenvalue weighted by molar-refractivity contribution is 0.0262. The third kappa shape index (κ3) is 3.58. The lowest BCUT2D eigenvalue weighted by Crippen LogP contribution is -2.47. The molecular weight excluding hydrogens is 211 g/mol. The Labute approximate surface area is 104 Å². The zero-order chi connectivity index (χ0) is 12.1. The van der Waals surface area contributed by atoms with Gasteiger partial charge in [-0.15, -0.1) is 0 Å². The number of hydrogen-bond donors (Lipinski definition) is 0. The van der Waals surface area contributed by atoms with Crippen molar-refractivity contribution in [3.63, 3.8) is 0 Å². The van der Waals surface area contributed by atoms with Crippen molar-refractivity contribution in [3.05, 3.63) is 30.3 Å². The maximum absolute atomic E-state index is 6.02. The summed E-state index contributed by atoms with van der Waals surface area (Å²) in [4.78, 5) is 0. The van der Waals surface area contributed by atoms with Gasteiger partial charge in [0.2, 0.25) is 0 Å². The highest BCUT2D eigenvalue weighted by molar-refractivity contribution is 6.61. The molecule has 0 amide bonds. The average Bonchev–Trinajstić information content (AvgIpc) is 2.37. The zero-order valence-electron chi connectivity index (χ0n) is 10.8. The summed E-state index contributed by atoms with van der Waals surface area (Å²) in [7, 11) is -0.179. The summed E-state index contributed by atoms with van der Waals surface area (Å²) in [5, 5.41) is 0. The molecule has 0 aromatic heterocycles. The number of rotatable bonds is 4. The van der Waals surface area contributed by atoms with Crippen LogP contribution in [0.15, 0.2) is 30.3 Å². The largest absolute Gasteiger partial charge is 0.494 e. The van der Waals surface area contributed by atoms with Gasteiger partial charge in [-0.05, 0) is 25.2 Å². The predicted octanol–water partition coefficient (Wildman–Crippen LogP) is 2.77. The summed E-state index contributed by atoms with van der Waals surface area (Å²) >= 11 is 0. The standard InChI is InChI=1S/C14H21BO2/c1-3-4-10-14-11-12(2)16-15(17-14)13-8-6-5-7-9-13/h5-9,12,14H,3-4,10-11H2,1-2H3/t12-,14+/m1/s1. The van der Waals surface area contributed by atoms with Crippen LogP contribution in [-0.2, 0) is 9.31 Å². The summed E-state index contributed by atoms with van der Waals surface area (Å²) in [5.41, 5.74) is 1.13. The SMILES string of the molecule is CCCC[C@H]1C[C@@H](C)OB(c2ccccc2)O1. The molecule has 1 heterocycles. The molecule has 1 aliphatic rings. The third-order valence-electron chi connectivity index (χ3n) is 3.22. The Morgan fingerprint density at radius 1 is 1.24 bits per heavy atom. The quantitative estimate of drug-likeness (QED) is 0.743. The molecule has 2 atom stereocenters. The van der Waals surface area contributed by atoms with Crippen molar-refractivity contribution in [1.82, 2.24) is 0 Å². The second-order valence-electron chi connectivity index (χ2n) is 4.83. The molecule has 0 spiro atoms. The van der Waals surface area contributed by atoms with Crippen LogP contribution in [0.1, 0.15) is 39.5 Å². The Morgan fingerprint density at radius 2 is 2.00 bits per heavy atom. The summed E-state index contributed by atoms with van der Waals surface area (Å²) in [5.74, 6) is 0. The molecule has 2 rings (SSSR count). The summed E-state index contributed by atoms with van der Waals surface area (Å²) in [6.07, 6.45) is 5.26. The molecule has 1 aliphatic heterocycles. The predicted molar refractivity (Wildman–Crippen MR) is 71.4 cm³/mol. The van der Waals surface area contributed by atoms with Gasteiger partial charge in [0.15, 0.2) is 0 Å². The van der Waals surface area contributed by atoms with E-state index in [0.717, 1.165) is 18.3 Å². The van der Waals surface area contributed by atoms with E-state index >= 15 is 0 Å². The Kier molecular flexibility index (Phi) is 4.63. The lowest BCUT2D eigenvalue weighted by Gasteiger charge is -2.32. The maximum Gasteiger partial charge on any atom is 0.494 e. The molecule has 17 heavy (non-hydrogen) atoms. The fourth-order valence-electron chi connectivity index (χ4n) is 2.28. The van der Waals surface area contributed by atoms with E-state index in [1.54, 1.807) is 0 Å². The summed E-state index contributed by atoms with van der Waals surface area (Å²) in [6, 6.07) is 10.2. The molecule has 1 aromatic rings. The Balaban J connectivity index is 1.98. The molecule has 1 saturated heterocycles. The van der Waals surface area contributed by atoms with Crippen LogP contribution in [0.3, 0.4) is 0 Å². The van der Waals surface area contributed by atoms with Crippen molar-refractivity contribution in [2.45, 2.75) is 51.7 Å². The topological polar surface area (TPSA) is 18.5 Å². The second-order valence-corrected chi connectivity index (χ2v) is 4.83. The molecule has 2 nitrogen and oxygen atoms in total. The fraction of sp³-hybridized carbons (Fsp3) is 0.571. The van der Waals surface area contributed by atoms with E-state index in [-0.39, 0.29) is 13.2 Å². The first-order valence-corrected chi connectivity index (χ1v) is 6.65. The molecule has 1 fully saturated rings. The third-order valence-corrected chi connectivity index (χ3v) is 3.22. The van der Waals surface area contributed by atoms with Crippen molar-refractivity contribution in [1.29, 1.82) is 0 Å². The molecule has 0 bridgehead atoms. The molecule has 0 unspecified atom stereocenters. The van der Waals surface area contributed by atoms with Crippen molar-refractivity contribution in [2.24, 2.45) is 0 Å². The average molecular weight is 232 g/mol. The molecular formula is C14H21BO2. The Morgan fingerprint density at radius 3 is 2.71 bits per heavy atom. The highest BCUT2D eigenvalue weighted by atomic mass is 16.6. The van der Waals surface area contributed by atoms with Crippen LogP contribution in [0.2, 0.25) is 0 Å². The first-order chi connectivity index (χ1) is 8.29. The first-order valence-electron chi connectivity index (χ1n) is 6.65. The molecule has 3 heteroatoms. The Bertz CT molecular complexity index is 328. The van der Waals surface area contributed by atoms with Crippen LogP contribution in [0, 0.1) is 0 Å². The number of unbranched alkanes of at least 4 members (excludes halogenated alkanes) is 1. The summed E-state index contributed by atoms with van der Waals surface area (Å²) < 4.78 is 11.9. The monoisotopic (exact) mass is 232 g/mol. The minimum Gasteiger partial charge on any atom is -0.405 e. The van der Waals surface area contributed by atoms with Gasteiger partial charge in [-0.2, -0.15) is 0 Å². The van der Waals surface area contributed by atoms with Crippen LogP contribution in [0.4, 0.5) is 0 Å². The lowest BCUT2D eigenvalue weighted by atomic mass is 9.76. The van der Waals surface area contributed by atoms with E-state index in [4.69, 9.17) is 9.31 Å². The van der Waals surface area contributed by atoms with Crippen molar-refractivity contribution < 1.29 is 9.31 Å². The summed E-state index contributed by atoms with van der Waals surface area (Å²) in [6.45, 7) is 4.36. The Hall–Kier alpha value is -0.795. The van der Waals surface area contributed by atoms with Crippen LogP contribution in [0.25, 0.3) is 0 Å². The molecule has 0 N–H and O–H groups in total. The van der Waals surface area contributed by atoms with Gasteiger partial charge in [0.25, 0.3) is 0 Å². The van der Waals surface area contributed by atoms with Crippen molar-refractivity contribution in [2.75, 3.05) is 0 Å². The van der Waals surface area contributed by atoms with Gasteiger partial charge >= 0.3 is 7.12 Å². The highest BCUT2D eigenvalue weighted by Crippen LogP contribution is 2.20. The van der Waals surface area contributed by atoms with Crippen molar-refractivity contribution in [3.8, 4) is 0 Å². The van der Waals surface area contributed by atoms with Crippen molar-refractivity contribution >= 4 is 12.6 Å². The van der Waals surface area contributed by atoms with Gasteiger partial charge in [-0.3, -0.25) is 0 Å². The van der Waals surface area contributed by atoms with E-state index in [9.17, 15) is 0 Å². The molecule has 0 saturated carbocycles. The van der Waals surface area contributed by atoms with E-state index in [2.05, 4.69) is 26.0 Å². The van der Waals surface area contributed by atoms with Crippen LogP contribution >= 0.6 is 0 Å². The van der Waals surface area contributed by atoms with E-state index < -0.39 is 0 Å². The highest BCUT2D eigenvalue weighted by Gasteiger charge is 2.32. The molecule has 1 aromatic carbocycles. The normalized spacial score (nSPS) is 24.9. The van der Waals surface area contributed by atoms with Gasteiger partial charge in [0, 0.05) is 12.2 Å². The van der Waals surface area contributed by atoms with E-state index in [1.807, 2.05) is 18.2 Å². The molecule has 0 aliphatic carbocycles. The van der Waals surface area contributed by atoms with Gasteiger partial charge in [-0.1, -0.05) is 50.1 Å². The minimum absolute atomic E-state index is 0.179. The fourth-order valence-corrected chi connectivity index (χ4v) is 2.28. The number of hydrogen-bond acceptors (Lipinski definition) is 2. The zero-order valence-corrected chi connectivity index (χ0v) is 10.8. The van der Waals surface area contributed by atoms with Crippen LogP contribution in [0.5, 0.6) is 0 Å². The van der Waals surface area contributed by atoms with E-state index in [0.29, 0.717) is 6.10 Å². The van der Waals surface area contributed by atoms with Crippen LogP contribution < -0.4 is 5.46 Å². The van der Waals surface area contributed by atoms with Gasteiger partial charge in [-0.25, -0.2) is 0 Å².